The third-order valence-electron chi connectivity index (χ3n) is 10.7. The number of benzene rings is 8. The van der Waals surface area contributed by atoms with Crippen molar-refractivity contribution in [2.75, 3.05) is 13.5 Å². The van der Waals surface area contributed by atoms with E-state index in [0.29, 0.717) is 13.5 Å². The Morgan fingerprint density at radius 3 is 1.29 bits per heavy atom. The Morgan fingerprint density at radius 1 is 0.362 bits per heavy atom. The highest BCUT2D eigenvalue weighted by atomic mass is 16.5. The maximum atomic E-state index is 6.31. The average molecular weight is 753 g/mol. The molecule has 4 heteroatoms. The molecule has 0 amide bonds. The van der Waals surface area contributed by atoms with Crippen LogP contribution in [0.2, 0.25) is 0 Å². The van der Waals surface area contributed by atoms with Gasteiger partial charge in [0.25, 0.3) is 13.5 Å². The van der Waals surface area contributed by atoms with E-state index in [1.807, 2.05) is 6.07 Å². The van der Waals surface area contributed by atoms with Gasteiger partial charge in [-0.15, -0.1) is 0 Å². The summed E-state index contributed by atoms with van der Waals surface area (Å²) < 4.78 is 16.7. The second-order valence-corrected chi connectivity index (χ2v) is 14.6. The smallest absolute Gasteiger partial charge is 0.292 e. The van der Waals surface area contributed by atoms with Crippen molar-refractivity contribution in [3.05, 3.63) is 216 Å². The molecule has 58 heavy (non-hydrogen) atoms. The van der Waals surface area contributed by atoms with Gasteiger partial charge < -0.3 is 9.47 Å². The molecule has 8 aromatic carbocycles. The molecule has 4 nitrogen and oxygen atoms in total. The summed E-state index contributed by atoms with van der Waals surface area (Å²) in [6.07, 6.45) is 4.40. The van der Waals surface area contributed by atoms with E-state index in [-0.39, 0.29) is 0 Å². The van der Waals surface area contributed by atoms with E-state index in [4.69, 9.17) is 9.47 Å². The molecule has 2 heterocycles. The van der Waals surface area contributed by atoms with E-state index in [9.17, 15) is 0 Å². The molecule has 0 spiro atoms. The summed E-state index contributed by atoms with van der Waals surface area (Å²) in [6.45, 7) is 5.17. The van der Waals surface area contributed by atoms with E-state index in [0.717, 1.165) is 39.6 Å². The predicted octanol–water partition coefficient (Wildman–Crippen LogP) is 12.9. The Labute approximate surface area is 340 Å². The van der Waals surface area contributed by atoms with Gasteiger partial charge in [0, 0.05) is 6.07 Å². The lowest BCUT2D eigenvalue weighted by molar-refractivity contribution is -0.475. The molecule has 0 atom stereocenters. The largest absolute Gasteiger partial charge is 0.435 e. The fourth-order valence-corrected chi connectivity index (χ4v) is 7.90. The summed E-state index contributed by atoms with van der Waals surface area (Å²) in [5.41, 5.74) is 16.4. The highest BCUT2D eigenvalue weighted by molar-refractivity contribution is 5.93. The lowest BCUT2D eigenvalue weighted by atomic mass is 9.90. The number of para-hydroxylation sites is 3. The second kappa shape index (κ2) is 16.4. The van der Waals surface area contributed by atoms with Crippen LogP contribution in [0.4, 0.5) is 11.4 Å². The maximum absolute atomic E-state index is 6.31. The van der Waals surface area contributed by atoms with Crippen molar-refractivity contribution in [1.82, 2.24) is 0 Å². The van der Waals surface area contributed by atoms with Crippen molar-refractivity contribution < 1.29 is 18.6 Å². The first-order valence-corrected chi connectivity index (χ1v) is 19.8. The molecule has 0 fully saturated rings. The van der Waals surface area contributed by atoms with E-state index >= 15 is 0 Å². The van der Waals surface area contributed by atoms with Gasteiger partial charge in [-0.25, -0.2) is 0 Å². The first kappa shape index (κ1) is 36.3. The quantitative estimate of drug-likeness (QED) is 0.158. The minimum absolute atomic E-state index is 0.461. The molecule has 10 rings (SSSR count). The van der Waals surface area contributed by atoms with Gasteiger partial charge in [0.15, 0.2) is 12.4 Å². The fraction of sp³-hybridized carbons (Fsp3) is 0.0741. The Bertz CT molecular complexity index is 2720. The Balaban J connectivity index is 0.000000164. The molecule has 2 aliphatic rings. The van der Waals surface area contributed by atoms with Crippen LogP contribution in [0, 0.1) is 13.8 Å². The molecule has 0 unspecified atom stereocenters. The Morgan fingerprint density at radius 2 is 0.776 bits per heavy atom. The van der Waals surface area contributed by atoms with Crippen molar-refractivity contribution in [1.29, 1.82) is 0 Å². The summed E-state index contributed by atoms with van der Waals surface area (Å²) in [5.74, 6) is 1.95. The summed E-state index contributed by atoms with van der Waals surface area (Å²) in [6, 6.07) is 68.0. The second-order valence-electron chi connectivity index (χ2n) is 14.6. The summed E-state index contributed by atoms with van der Waals surface area (Å²) in [5, 5.41) is 0. The monoisotopic (exact) mass is 752 g/mol. The van der Waals surface area contributed by atoms with Gasteiger partial charge in [0.1, 0.15) is 11.5 Å². The van der Waals surface area contributed by atoms with Gasteiger partial charge in [0.05, 0.1) is 27.8 Å². The third-order valence-corrected chi connectivity index (χ3v) is 10.7. The van der Waals surface area contributed by atoms with E-state index < -0.39 is 0 Å². The van der Waals surface area contributed by atoms with Crippen molar-refractivity contribution in [3.63, 3.8) is 0 Å². The van der Waals surface area contributed by atoms with Crippen LogP contribution in [0.1, 0.15) is 22.3 Å². The normalized spacial score (nSPS) is 12.7. The van der Waals surface area contributed by atoms with Crippen LogP contribution in [-0.2, 0) is 0 Å². The average Bonchev–Trinajstić information content (AvgIpc) is 3.30. The van der Waals surface area contributed by atoms with E-state index in [1.165, 1.54) is 50.1 Å². The molecule has 0 aromatic heterocycles. The van der Waals surface area contributed by atoms with Gasteiger partial charge in [-0.2, -0.15) is 9.15 Å². The van der Waals surface area contributed by atoms with Crippen molar-refractivity contribution in [2.24, 2.45) is 0 Å². The maximum Gasteiger partial charge on any atom is 0.292 e. The third kappa shape index (κ3) is 7.48. The molecule has 8 aromatic rings. The summed E-state index contributed by atoms with van der Waals surface area (Å²) in [4.78, 5) is 0. The van der Waals surface area contributed by atoms with Crippen molar-refractivity contribution >= 4 is 23.8 Å². The molecule has 0 aliphatic carbocycles. The predicted molar refractivity (Wildman–Crippen MR) is 238 cm³/mol. The van der Waals surface area contributed by atoms with Crippen LogP contribution >= 0.6 is 0 Å². The number of hydrogen-bond donors (Lipinski definition) is 0. The molecular weight excluding hydrogens is 709 g/mol. The van der Waals surface area contributed by atoms with E-state index in [1.54, 1.807) is 0 Å². The molecule has 0 radical (unpaired) electrons. The lowest BCUT2D eigenvalue weighted by Crippen LogP contribution is -2.22. The molecule has 0 N–H and O–H groups in total. The molecule has 0 saturated carbocycles. The first-order chi connectivity index (χ1) is 28.6. The molecule has 0 saturated heterocycles. The number of ether oxygens (including phenoxy) is 2. The molecule has 0 bridgehead atoms. The number of aryl methyl sites for hydroxylation is 2. The zero-order valence-electron chi connectivity index (χ0n) is 32.8. The van der Waals surface area contributed by atoms with Crippen LogP contribution in [0.5, 0.6) is 11.5 Å². The zero-order chi connectivity index (χ0) is 39.3. The van der Waals surface area contributed by atoms with Gasteiger partial charge in [-0.1, -0.05) is 158 Å². The van der Waals surface area contributed by atoms with Gasteiger partial charge in [-0.3, -0.25) is 0 Å². The minimum atomic E-state index is 0.461. The SMILES string of the molecule is Cc1cccc2c1OC[N+](c1c(-c3ccccc3)cc(-c3ccccc3)cc1-c1ccccc1)=C2.Cc1cccc2c1OC[N+](c1ccccc1-c1ccccc1)=C2. The standard InChI is InChI=1S/C33H26NO.C21H18NO/c1-24-12-11-19-28-22-34(23-35-33(24)28)32-30(26-15-7-3-8-16-26)20-29(25-13-5-2-6-14-25)21-31(32)27-17-9-4-10-18-27;1-16-8-7-11-18-14-22(15-23-21(16)18)20-13-6-5-12-19(20)17-9-3-2-4-10-17/h2-22H,23H2,1H3;2-14H,15H2,1H3/q2*+1. The highest BCUT2D eigenvalue weighted by Gasteiger charge is 2.28. The number of hydrogen-bond acceptors (Lipinski definition) is 2. The van der Waals surface area contributed by atoms with E-state index in [2.05, 4.69) is 223 Å². The van der Waals surface area contributed by atoms with Crippen LogP contribution in [0.25, 0.3) is 44.5 Å². The number of nitrogens with zero attached hydrogens (tertiary/aromatic N) is 2. The first-order valence-electron chi connectivity index (χ1n) is 19.8. The summed E-state index contributed by atoms with van der Waals surface area (Å²) in [7, 11) is 0. The molecule has 2 aliphatic heterocycles. The van der Waals surface area contributed by atoms with Gasteiger partial charge >= 0.3 is 0 Å². The van der Waals surface area contributed by atoms with Crippen molar-refractivity contribution in [2.45, 2.75) is 13.8 Å². The van der Waals surface area contributed by atoms with Crippen molar-refractivity contribution in [3.8, 4) is 56.0 Å². The molecule has 280 valence electrons. The van der Waals surface area contributed by atoms with Crippen LogP contribution in [0.15, 0.2) is 194 Å². The highest BCUT2D eigenvalue weighted by Crippen LogP contribution is 2.43. The number of fused-ring (bicyclic) bond motifs is 2. The Hall–Kier alpha value is -7.30. The topological polar surface area (TPSA) is 24.5 Å². The van der Waals surface area contributed by atoms with Crippen LogP contribution in [-0.4, -0.2) is 35.0 Å². The van der Waals surface area contributed by atoms with Crippen LogP contribution < -0.4 is 9.47 Å². The molecular formula is C54H44N2O2+2. The number of rotatable bonds is 6. The van der Waals surface area contributed by atoms with Gasteiger partial charge in [-0.05, 0) is 83.1 Å². The lowest BCUT2D eigenvalue weighted by Gasteiger charge is -2.20. The summed E-state index contributed by atoms with van der Waals surface area (Å²) >= 11 is 0. The minimum Gasteiger partial charge on any atom is -0.435 e. The zero-order valence-corrected chi connectivity index (χ0v) is 32.8. The fourth-order valence-electron chi connectivity index (χ4n) is 7.90. The van der Waals surface area contributed by atoms with Gasteiger partial charge in [0.2, 0.25) is 11.4 Å². The van der Waals surface area contributed by atoms with Crippen LogP contribution in [0.3, 0.4) is 0 Å². The Kier molecular flexibility index (Phi) is 10.3.